The van der Waals surface area contributed by atoms with Crippen LogP contribution in [0.15, 0.2) is 0 Å². The number of carbonyl (C=O) groups excluding carboxylic acids is 1. The number of rotatable bonds is 0. The zero-order valence-electron chi connectivity index (χ0n) is 5.62. The van der Waals surface area contributed by atoms with Gasteiger partial charge in [0.1, 0.15) is 12.1 Å². The van der Waals surface area contributed by atoms with E-state index < -0.39 is 0 Å². The second-order valence-corrected chi connectivity index (χ2v) is 3.51. The van der Waals surface area contributed by atoms with Crippen molar-refractivity contribution in [1.82, 2.24) is 4.67 Å². The van der Waals surface area contributed by atoms with Gasteiger partial charge in [0.15, 0.2) is 0 Å². The highest BCUT2D eigenvalue weighted by atomic mass is 31.0. The first-order valence-electron chi connectivity index (χ1n) is 3.49. The molecule has 0 aromatic carbocycles. The fourth-order valence-corrected chi connectivity index (χ4v) is 2.06. The number of esters is 1. The molecule has 3 aliphatic rings. The SMILES string of the molecule is O=C1O[C@H]2CC[C@@H]1N(P)C2. The minimum absolute atomic E-state index is 0.0231. The molecule has 3 rings (SSSR count). The van der Waals surface area contributed by atoms with Gasteiger partial charge in [0, 0.05) is 6.54 Å². The van der Waals surface area contributed by atoms with Gasteiger partial charge in [-0.05, 0) is 12.8 Å². The van der Waals surface area contributed by atoms with Gasteiger partial charge in [-0.2, -0.15) is 0 Å². The molecule has 0 spiro atoms. The Labute approximate surface area is 62.0 Å². The molecule has 4 heteroatoms. The number of piperidine rings is 1. The summed E-state index contributed by atoms with van der Waals surface area (Å²) < 4.78 is 7.06. The van der Waals surface area contributed by atoms with Crippen molar-refractivity contribution in [3.8, 4) is 0 Å². The van der Waals surface area contributed by atoms with E-state index in [1.54, 1.807) is 0 Å². The third-order valence-corrected chi connectivity index (χ3v) is 2.70. The molecule has 10 heavy (non-hydrogen) atoms. The number of ether oxygens (including phenoxy) is 1. The zero-order chi connectivity index (χ0) is 7.14. The Kier molecular flexibility index (Phi) is 1.43. The van der Waals surface area contributed by atoms with E-state index >= 15 is 0 Å². The lowest BCUT2D eigenvalue weighted by molar-refractivity contribution is -0.169. The maximum absolute atomic E-state index is 11.0. The molecular weight excluding hydrogens is 149 g/mol. The highest BCUT2D eigenvalue weighted by molar-refractivity contribution is 7.13. The van der Waals surface area contributed by atoms with Gasteiger partial charge in [0.2, 0.25) is 0 Å². The molecule has 0 aliphatic carbocycles. The van der Waals surface area contributed by atoms with Crippen molar-refractivity contribution >= 4 is 15.4 Å². The van der Waals surface area contributed by atoms with E-state index in [2.05, 4.69) is 9.39 Å². The number of carbonyl (C=O) groups is 1. The lowest BCUT2D eigenvalue weighted by Crippen LogP contribution is -2.53. The Balaban J connectivity index is 2.18. The fraction of sp³-hybridized carbons (Fsp3) is 0.833. The van der Waals surface area contributed by atoms with Crippen LogP contribution in [0.2, 0.25) is 0 Å². The van der Waals surface area contributed by atoms with Crippen LogP contribution in [0.25, 0.3) is 0 Å². The van der Waals surface area contributed by atoms with Crippen LogP contribution in [0.5, 0.6) is 0 Å². The van der Waals surface area contributed by atoms with Crippen molar-refractivity contribution in [2.45, 2.75) is 25.0 Å². The highest BCUT2D eigenvalue weighted by Gasteiger charge is 2.39. The normalized spacial score (nSPS) is 39.9. The minimum atomic E-state index is -0.0440. The van der Waals surface area contributed by atoms with Gasteiger partial charge in [-0.3, -0.25) is 9.46 Å². The fourth-order valence-electron chi connectivity index (χ4n) is 1.56. The summed E-state index contributed by atoms with van der Waals surface area (Å²) in [6.07, 6.45) is 2.17. The van der Waals surface area contributed by atoms with Crippen molar-refractivity contribution in [2.24, 2.45) is 0 Å². The predicted molar refractivity (Wildman–Crippen MR) is 39.3 cm³/mol. The molecule has 0 aromatic heterocycles. The van der Waals surface area contributed by atoms with Crippen LogP contribution in [0.4, 0.5) is 0 Å². The maximum Gasteiger partial charge on any atom is 0.323 e. The Morgan fingerprint density at radius 3 is 2.80 bits per heavy atom. The second-order valence-electron chi connectivity index (χ2n) is 2.85. The standard InChI is InChI=1S/C6H10NO2P/c8-6-5-2-1-4(9-6)3-7(5)10/h4-5H,1-3,10H2/t4-,5-/m0/s1. The van der Waals surface area contributed by atoms with Gasteiger partial charge < -0.3 is 4.74 Å². The maximum atomic E-state index is 11.0. The van der Waals surface area contributed by atoms with Crippen LogP contribution >= 0.6 is 9.39 Å². The average Bonchev–Trinajstić information content (AvgIpc) is 1.86. The number of hydrogen-bond donors (Lipinski definition) is 0. The van der Waals surface area contributed by atoms with Crippen molar-refractivity contribution in [1.29, 1.82) is 0 Å². The quantitative estimate of drug-likeness (QED) is 0.372. The summed E-state index contributed by atoms with van der Waals surface area (Å²) in [7, 11) is 2.58. The number of nitrogens with zero attached hydrogens (tertiary/aromatic N) is 1. The first-order valence-corrected chi connectivity index (χ1v) is 4.01. The van der Waals surface area contributed by atoms with Crippen molar-refractivity contribution in [3.05, 3.63) is 0 Å². The van der Waals surface area contributed by atoms with E-state index in [-0.39, 0.29) is 18.1 Å². The van der Waals surface area contributed by atoms with Gasteiger partial charge in [-0.1, -0.05) is 9.39 Å². The molecule has 3 fully saturated rings. The Morgan fingerprint density at radius 2 is 2.40 bits per heavy atom. The molecule has 3 aliphatic heterocycles. The summed E-state index contributed by atoms with van der Waals surface area (Å²) in [6, 6.07) is 0.0231. The molecular formula is C6H10NO2P. The molecule has 0 saturated carbocycles. The molecule has 56 valence electrons. The molecule has 1 unspecified atom stereocenters. The zero-order valence-corrected chi connectivity index (χ0v) is 6.77. The smallest absolute Gasteiger partial charge is 0.323 e. The minimum Gasteiger partial charge on any atom is -0.460 e. The average molecular weight is 159 g/mol. The first-order chi connectivity index (χ1) is 4.77. The number of morpholine rings is 1. The molecule has 3 heterocycles. The van der Waals surface area contributed by atoms with E-state index in [0.717, 1.165) is 19.4 Å². The Bertz CT molecular complexity index is 173. The number of hydrogen-bond acceptors (Lipinski definition) is 3. The molecule has 2 bridgehead atoms. The molecule has 3 saturated heterocycles. The lowest BCUT2D eigenvalue weighted by atomic mass is 9.99. The van der Waals surface area contributed by atoms with Gasteiger partial charge in [0.05, 0.1) is 0 Å². The first kappa shape index (κ1) is 6.56. The number of fused-ring (bicyclic) bond motifs is 3. The van der Waals surface area contributed by atoms with Gasteiger partial charge in [0.25, 0.3) is 0 Å². The molecule has 0 N–H and O–H groups in total. The second kappa shape index (κ2) is 2.18. The van der Waals surface area contributed by atoms with Crippen molar-refractivity contribution in [3.63, 3.8) is 0 Å². The van der Waals surface area contributed by atoms with Crippen LogP contribution in [-0.4, -0.2) is 29.3 Å². The van der Waals surface area contributed by atoms with E-state index in [4.69, 9.17) is 4.74 Å². The molecule has 0 aromatic rings. The van der Waals surface area contributed by atoms with E-state index in [1.807, 2.05) is 4.67 Å². The third kappa shape index (κ3) is 0.850. The summed E-state index contributed by atoms with van der Waals surface area (Å²) in [6.45, 7) is 0.890. The van der Waals surface area contributed by atoms with Crippen LogP contribution in [0, 0.1) is 0 Å². The molecule has 0 amide bonds. The van der Waals surface area contributed by atoms with E-state index in [0.29, 0.717) is 0 Å². The Morgan fingerprint density at radius 1 is 1.60 bits per heavy atom. The predicted octanol–water partition coefficient (Wildman–Crippen LogP) is 0.166. The summed E-state index contributed by atoms with van der Waals surface area (Å²) in [5.41, 5.74) is 0. The van der Waals surface area contributed by atoms with Crippen molar-refractivity contribution in [2.75, 3.05) is 6.54 Å². The summed E-state index contributed by atoms with van der Waals surface area (Å²) in [4.78, 5) is 11.0. The summed E-state index contributed by atoms with van der Waals surface area (Å²) >= 11 is 0. The highest BCUT2D eigenvalue weighted by Crippen LogP contribution is 2.29. The topological polar surface area (TPSA) is 29.5 Å². The van der Waals surface area contributed by atoms with Crippen LogP contribution in [0.3, 0.4) is 0 Å². The van der Waals surface area contributed by atoms with Gasteiger partial charge >= 0.3 is 5.97 Å². The van der Waals surface area contributed by atoms with Crippen LogP contribution in [-0.2, 0) is 9.53 Å². The molecule has 0 radical (unpaired) electrons. The van der Waals surface area contributed by atoms with E-state index in [1.165, 1.54) is 0 Å². The summed E-state index contributed by atoms with van der Waals surface area (Å²) in [5.74, 6) is -0.0440. The van der Waals surface area contributed by atoms with Gasteiger partial charge in [-0.15, -0.1) is 0 Å². The Hall–Kier alpha value is -0.140. The third-order valence-electron chi connectivity index (χ3n) is 2.13. The van der Waals surface area contributed by atoms with Crippen molar-refractivity contribution < 1.29 is 9.53 Å². The summed E-state index contributed by atoms with van der Waals surface area (Å²) in [5, 5.41) is 0. The van der Waals surface area contributed by atoms with Crippen LogP contribution < -0.4 is 0 Å². The monoisotopic (exact) mass is 159 g/mol. The largest absolute Gasteiger partial charge is 0.460 e. The lowest BCUT2D eigenvalue weighted by Gasteiger charge is -2.41. The van der Waals surface area contributed by atoms with Gasteiger partial charge in [-0.25, -0.2) is 0 Å². The van der Waals surface area contributed by atoms with Crippen LogP contribution in [0.1, 0.15) is 12.8 Å². The molecule has 3 nitrogen and oxygen atoms in total. The van der Waals surface area contributed by atoms with E-state index in [9.17, 15) is 4.79 Å². The molecule has 3 atom stereocenters.